The Morgan fingerprint density at radius 3 is 2.69 bits per heavy atom. The number of methoxy groups -OCH3 is 1. The molecule has 2 aromatic rings. The van der Waals surface area contributed by atoms with Crippen molar-refractivity contribution in [2.45, 2.75) is 6.92 Å². The minimum atomic E-state index is -0.0249. The van der Waals surface area contributed by atoms with Crippen LogP contribution in [0.1, 0.15) is 11.3 Å². The van der Waals surface area contributed by atoms with Crippen LogP contribution in [0.15, 0.2) is 28.1 Å². The Balaban J connectivity index is 1.61. The van der Waals surface area contributed by atoms with E-state index in [0.717, 1.165) is 29.5 Å². The zero-order valence-corrected chi connectivity index (χ0v) is 17.0. The van der Waals surface area contributed by atoms with E-state index in [4.69, 9.17) is 4.74 Å². The number of ether oxygens (including phenoxy) is 1. The molecule has 1 aromatic heterocycles. The summed E-state index contributed by atoms with van der Waals surface area (Å²) in [5.74, 6) is 0.381. The quantitative estimate of drug-likeness (QED) is 0.743. The number of nitrogens with zero attached hydrogens (tertiary/aromatic N) is 3. The van der Waals surface area contributed by atoms with Gasteiger partial charge in [0.25, 0.3) is 0 Å². The maximum absolute atomic E-state index is 12.4. The highest BCUT2D eigenvalue weighted by Gasteiger charge is 2.21. The third-order valence-corrected chi connectivity index (χ3v) is 5.78. The molecule has 1 amide bonds. The predicted octanol–water partition coefficient (Wildman–Crippen LogP) is 3.29. The predicted molar refractivity (Wildman–Crippen MR) is 107 cm³/mol. The molecular formula is C18H20BrN3O3S. The molecule has 6 nitrogen and oxygen atoms in total. The van der Waals surface area contributed by atoms with Gasteiger partial charge in [0.2, 0.25) is 5.91 Å². The van der Waals surface area contributed by atoms with Gasteiger partial charge in [0.15, 0.2) is 16.6 Å². The summed E-state index contributed by atoms with van der Waals surface area (Å²) in [4.78, 5) is 21.0. The Bertz CT molecular complexity index is 829. The third-order valence-electron chi connectivity index (χ3n) is 4.16. The zero-order valence-electron chi connectivity index (χ0n) is 14.6. The molecule has 0 aliphatic carbocycles. The zero-order chi connectivity index (χ0) is 18.7. The van der Waals surface area contributed by atoms with Crippen molar-refractivity contribution in [3.05, 3.63) is 39.3 Å². The summed E-state index contributed by atoms with van der Waals surface area (Å²) in [6.45, 7) is 4.90. The number of hydrogen-bond donors (Lipinski definition) is 1. The molecule has 1 fully saturated rings. The molecule has 1 saturated heterocycles. The van der Waals surface area contributed by atoms with Gasteiger partial charge in [-0.3, -0.25) is 4.79 Å². The molecule has 26 heavy (non-hydrogen) atoms. The Kier molecular flexibility index (Phi) is 5.83. The first-order chi connectivity index (χ1) is 12.5. The van der Waals surface area contributed by atoms with Gasteiger partial charge in [-0.05, 0) is 46.6 Å². The van der Waals surface area contributed by atoms with Crippen molar-refractivity contribution in [2.24, 2.45) is 0 Å². The molecule has 1 aromatic carbocycles. The Morgan fingerprint density at radius 2 is 2.08 bits per heavy atom. The molecule has 8 heteroatoms. The smallest absolute Gasteiger partial charge is 0.246 e. The number of hydrogen-bond acceptors (Lipinski definition) is 6. The Morgan fingerprint density at radius 1 is 1.35 bits per heavy atom. The van der Waals surface area contributed by atoms with Crippen LogP contribution in [0.3, 0.4) is 0 Å². The maximum atomic E-state index is 12.4. The summed E-state index contributed by atoms with van der Waals surface area (Å²) in [6.07, 6.45) is 3.28. The number of rotatable bonds is 4. The number of aromatic nitrogens is 1. The number of piperazine rings is 1. The van der Waals surface area contributed by atoms with Crippen molar-refractivity contribution in [3.63, 3.8) is 0 Å². The number of anilines is 1. The molecule has 1 N–H and O–H groups in total. The van der Waals surface area contributed by atoms with Crippen LogP contribution in [0.5, 0.6) is 11.5 Å². The van der Waals surface area contributed by atoms with E-state index in [1.807, 2.05) is 17.2 Å². The molecule has 0 saturated carbocycles. The van der Waals surface area contributed by atoms with Crippen LogP contribution in [0, 0.1) is 6.92 Å². The molecule has 0 atom stereocenters. The standard InChI is InChI=1S/C18H20BrN3O3S/c1-12-11-26-18(20-12)22-7-5-21(6-8-22)16(23)4-3-13-9-14(19)17(24)15(10-13)25-2/h3-4,9-11,24H,5-8H2,1-2H3. The highest BCUT2D eigenvalue weighted by Crippen LogP contribution is 2.35. The van der Waals surface area contributed by atoms with Gasteiger partial charge in [-0.2, -0.15) is 0 Å². The van der Waals surface area contributed by atoms with E-state index in [1.54, 1.807) is 35.6 Å². The second-order valence-electron chi connectivity index (χ2n) is 5.97. The first-order valence-electron chi connectivity index (χ1n) is 8.18. The van der Waals surface area contributed by atoms with Crippen LogP contribution in [-0.2, 0) is 4.79 Å². The first kappa shape index (κ1) is 18.7. The van der Waals surface area contributed by atoms with Crippen molar-refractivity contribution in [3.8, 4) is 11.5 Å². The lowest BCUT2D eigenvalue weighted by atomic mass is 10.2. The van der Waals surface area contributed by atoms with Crippen LogP contribution in [0.4, 0.5) is 5.13 Å². The van der Waals surface area contributed by atoms with E-state index in [1.165, 1.54) is 7.11 Å². The number of carbonyl (C=O) groups excluding carboxylic acids is 1. The minimum absolute atomic E-state index is 0.0249. The van der Waals surface area contributed by atoms with Crippen molar-refractivity contribution < 1.29 is 14.6 Å². The van der Waals surface area contributed by atoms with E-state index in [-0.39, 0.29) is 11.7 Å². The summed E-state index contributed by atoms with van der Waals surface area (Å²) < 4.78 is 5.65. The molecule has 138 valence electrons. The minimum Gasteiger partial charge on any atom is -0.503 e. The van der Waals surface area contributed by atoms with Gasteiger partial charge >= 0.3 is 0 Å². The fraction of sp³-hybridized carbons (Fsp3) is 0.333. The number of phenolic OH excluding ortho intramolecular Hbond substituents is 1. The summed E-state index contributed by atoms with van der Waals surface area (Å²) in [5.41, 5.74) is 1.80. The van der Waals surface area contributed by atoms with Gasteiger partial charge in [0.1, 0.15) is 0 Å². The van der Waals surface area contributed by atoms with Crippen molar-refractivity contribution in [2.75, 3.05) is 38.2 Å². The Labute approximate surface area is 164 Å². The molecule has 1 aliphatic rings. The molecule has 0 spiro atoms. The van der Waals surface area contributed by atoms with Crippen LogP contribution in [0.2, 0.25) is 0 Å². The molecule has 2 heterocycles. The van der Waals surface area contributed by atoms with Gasteiger partial charge in [0.05, 0.1) is 17.3 Å². The SMILES string of the molecule is COc1cc(C=CC(=O)N2CCN(c3nc(C)cs3)CC2)cc(Br)c1O. The maximum Gasteiger partial charge on any atom is 0.246 e. The largest absolute Gasteiger partial charge is 0.503 e. The van der Waals surface area contributed by atoms with Gasteiger partial charge < -0.3 is 19.6 Å². The highest BCUT2D eigenvalue weighted by atomic mass is 79.9. The lowest BCUT2D eigenvalue weighted by molar-refractivity contribution is -0.126. The van der Waals surface area contributed by atoms with E-state index in [9.17, 15) is 9.90 Å². The molecule has 1 aliphatic heterocycles. The first-order valence-corrected chi connectivity index (χ1v) is 9.85. The average molecular weight is 438 g/mol. The van der Waals surface area contributed by atoms with E-state index >= 15 is 0 Å². The van der Waals surface area contributed by atoms with E-state index < -0.39 is 0 Å². The number of carbonyl (C=O) groups is 1. The Hall–Kier alpha value is -2.06. The summed E-state index contributed by atoms with van der Waals surface area (Å²) in [6, 6.07) is 3.43. The number of amides is 1. The third kappa shape index (κ3) is 4.19. The second-order valence-corrected chi connectivity index (χ2v) is 7.66. The molecule has 3 rings (SSSR count). The summed E-state index contributed by atoms with van der Waals surface area (Å²) in [7, 11) is 1.49. The topological polar surface area (TPSA) is 65.9 Å². The number of halogens is 1. The average Bonchev–Trinajstić information content (AvgIpc) is 3.08. The lowest BCUT2D eigenvalue weighted by Crippen LogP contribution is -2.48. The molecule has 0 bridgehead atoms. The van der Waals surface area contributed by atoms with Crippen LogP contribution >= 0.6 is 27.3 Å². The fourth-order valence-corrected chi connectivity index (χ4v) is 4.04. The number of thiazole rings is 1. The number of phenols is 1. The molecule has 0 radical (unpaired) electrons. The number of aromatic hydroxyl groups is 1. The monoisotopic (exact) mass is 437 g/mol. The van der Waals surface area contributed by atoms with E-state index in [2.05, 4.69) is 25.8 Å². The van der Waals surface area contributed by atoms with Crippen molar-refractivity contribution >= 4 is 44.4 Å². The number of benzene rings is 1. The molecular weight excluding hydrogens is 418 g/mol. The van der Waals surface area contributed by atoms with Crippen LogP contribution in [0.25, 0.3) is 6.08 Å². The van der Waals surface area contributed by atoms with Crippen LogP contribution < -0.4 is 9.64 Å². The number of aryl methyl sites for hydroxylation is 1. The van der Waals surface area contributed by atoms with Gasteiger partial charge in [-0.15, -0.1) is 11.3 Å². The lowest BCUT2D eigenvalue weighted by Gasteiger charge is -2.34. The van der Waals surface area contributed by atoms with Crippen molar-refractivity contribution in [1.29, 1.82) is 0 Å². The normalized spacial score (nSPS) is 14.9. The summed E-state index contributed by atoms with van der Waals surface area (Å²) in [5, 5.41) is 12.9. The molecule has 0 unspecified atom stereocenters. The highest BCUT2D eigenvalue weighted by molar-refractivity contribution is 9.10. The fourth-order valence-electron chi connectivity index (χ4n) is 2.72. The van der Waals surface area contributed by atoms with Gasteiger partial charge in [-0.25, -0.2) is 4.98 Å². The second kappa shape index (κ2) is 8.09. The van der Waals surface area contributed by atoms with E-state index in [0.29, 0.717) is 23.3 Å². The van der Waals surface area contributed by atoms with Gasteiger partial charge in [-0.1, -0.05) is 0 Å². The summed E-state index contributed by atoms with van der Waals surface area (Å²) >= 11 is 4.92. The van der Waals surface area contributed by atoms with Gasteiger partial charge in [0, 0.05) is 37.6 Å². The van der Waals surface area contributed by atoms with Crippen molar-refractivity contribution in [1.82, 2.24) is 9.88 Å². The van der Waals surface area contributed by atoms with Crippen LogP contribution in [-0.4, -0.2) is 54.2 Å².